The summed E-state index contributed by atoms with van der Waals surface area (Å²) in [5.74, 6) is -0.0969. The van der Waals surface area contributed by atoms with Crippen molar-refractivity contribution in [2.75, 3.05) is 24.7 Å². The lowest BCUT2D eigenvalue weighted by Gasteiger charge is -2.12. The monoisotopic (exact) mass is 392 g/mol. The largest absolute Gasteiger partial charge is 0.476 e. The molecule has 2 heterocycles. The first-order valence-corrected chi connectivity index (χ1v) is 10.3. The van der Waals surface area contributed by atoms with Gasteiger partial charge in [0.15, 0.2) is 5.78 Å². The first kappa shape index (κ1) is 19.1. The van der Waals surface area contributed by atoms with Crippen LogP contribution >= 0.6 is 0 Å². The number of aromatic nitrogens is 2. The highest BCUT2D eigenvalue weighted by atomic mass is 32.2. The molecule has 2 aromatic rings. The second-order valence-corrected chi connectivity index (χ2v) is 8.02. The molecule has 0 unspecified atom stereocenters. The number of ether oxygens (including phenoxy) is 1. The van der Waals surface area contributed by atoms with Gasteiger partial charge in [0.1, 0.15) is 6.61 Å². The topological polar surface area (TPSA) is 130 Å². The van der Waals surface area contributed by atoms with Crippen molar-refractivity contribution in [2.24, 2.45) is 0 Å². The molecule has 0 spiro atoms. The Morgan fingerprint density at radius 3 is 2.85 bits per heavy atom. The van der Waals surface area contributed by atoms with Gasteiger partial charge in [0.2, 0.25) is 15.9 Å². The van der Waals surface area contributed by atoms with Gasteiger partial charge >= 0.3 is 0 Å². The minimum Gasteiger partial charge on any atom is -0.476 e. The van der Waals surface area contributed by atoms with E-state index in [0.29, 0.717) is 29.1 Å². The van der Waals surface area contributed by atoms with Crippen molar-refractivity contribution in [3.8, 4) is 5.88 Å². The molecule has 2 aromatic heterocycles. The number of anilines is 1. The van der Waals surface area contributed by atoms with Crippen LogP contribution in [0.4, 0.5) is 5.69 Å². The number of hydrogen-bond acceptors (Lipinski definition) is 6. The van der Waals surface area contributed by atoms with E-state index in [1.54, 1.807) is 18.3 Å². The van der Waals surface area contributed by atoms with Gasteiger partial charge < -0.3 is 15.0 Å². The molecule has 0 radical (unpaired) electrons. The normalized spacial score (nSPS) is 13.9. The highest BCUT2D eigenvalue weighted by Gasteiger charge is 2.25. The predicted molar refractivity (Wildman–Crippen MR) is 98.6 cm³/mol. The van der Waals surface area contributed by atoms with Gasteiger partial charge in [-0.05, 0) is 18.9 Å². The first-order valence-electron chi connectivity index (χ1n) is 8.42. The molecule has 9 nitrogen and oxygen atoms in total. The number of hydrogen-bond donors (Lipinski definition) is 3. The van der Waals surface area contributed by atoms with Crippen molar-refractivity contribution in [2.45, 2.75) is 19.3 Å². The van der Waals surface area contributed by atoms with Crippen molar-refractivity contribution in [3.63, 3.8) is 0 Å². The first-order chi connectivity index (χ1) is 12.8. The number of sulfonamides is 1. The summed E-state index contributed by atoms with van der Waals surface area (Å²) >= 11 is 0. The zero-order valence-corrected chi connectivity index (χ0v) is 15.6. The molecule has 0 bridgehead atoms. The summed E-state index contributed by atoms with van der Waals surface area (Å²) in [4.78, 5) is 31.6. The molecule has 0 fully saturated rings. The van der Waals surface area contributed by atoms with Crippen LogP contribution < -0.4 is 14.8 Å². The lowest BCUT2D eigenvalue weighted by Crippen LogP contribution is -2.27. The molecule has 0 saturated heterocycles. The quantitative estimate of drug-likeness (QED) is 0.605. The molecule has 1 amide bonds. The van der Waals surface area contributed by atoms with Crippen LogP contribution in [-0.4, -0.2) is 49.5 Å². The molecule has 10 heteroatoms. The Bertz CT molecular complexity index is 950. The van der Waals surface area contributed by atoms with Crippen LogP contribution in [0.25, 0.3) is 0 Å². The number of Topliss-reactive ketones (excluding diaryl/α,β-unsaturated/α-hetero) is 1. The van der Waals surface area contributed by atoms with Gasteiger partial charge in [0.05, 0.1) is 29.3 Å². The second-order valence-electron chi connectivity index (χ2n) is 6.19. The number of H-pyrrole nitrogens is 1. The van der Waals surface area contributed by atoms with E-state index in [1.807, 2.05) is 0 Å². The molecular formula is C17H20N4O5S. The number of carbonyl (C=O) groups excluding carboxylic acids is 2. The molecule has 0 saturated carbocycles. The van der Waals surface area contributed by atoms with Crippen molar-refractivity contribution in [1.29, 1.82) is 0 Å². The Labute approximate surface area is 156 Å². The third-order valence-corrected chi connectivity index (χ3v) is 4.75. The van der Waals surface area contributed by atoms with E-state index >= 15 is 0 Å². The van der Waals surface area contributed by atoms with E-state index in [2.05, 4.69) is 20.0 Å². The van der Waals surface area contributed by atoms with E-state index in [9.17, 15) is 18.0 Å². The summed E-state index contributed by atoms with van der Waals surface area (Å²) in [7, 11) is -3.26. The van der Waals surface area contributed by atoms with Gasteiger partial charge in [0.25, 0.3) is 5.91 Å². The van der Waals surface area contributed by atoms with Crippen molar-refractivity contribution >= 4 is 27.4 Å². The maximum Gasteiger partial charge on any atom is 0.257 e. The van der Waals surface area contributed by atoms with Crippen LogP contribution in [0.2, 0.25) is 0 Å². The van der Waals surface area contributed by atoms with Crippen molar-refractivity contribution < 1.29 is 22.7 Å². The summed E-state index contributed by atoms with van der Waals surface area (Å²) < 4.78 is 29.5. The van der Waals surface area contributed by atoms with Crippen LogP contribution in [0.3, 0.4) is 0 Å². The zero-order valence-electron chi connectivity index (χ0n) is 14.7. The van der Waals surface area contributed by atoms with Gasteiger partial charge in [-0.15, -0.1) is 0 Å². The number of amides is 1. The summed E-state index contributed by atoms with van der Waals surface area (Å²) in [5.41, 5.74) is 2.08. The van der Waals surface area contributed by atoms with E-state index < -0.39 is 10.0 Å². The minimum absolute atomic E-state index is 0.0211. The van der Waals surface area contributed by atoms with Gasteiger partial charge in [0, 0.05) is 30.9 Å². The Morgan fingerprint density at radius 1 is 1.33 bits per heavy atom. The minimum atomic E-state index is -3.26. The Morgan fingerprint density at radius 2 is 2.15 bits per heavy atom. The third-order valence-electron chi connectivity index (χ3n) is 4.03. The molecular weight excluding hydrogens is 372 g/mol. The molecule has 0 aliphatic heterocycles. The van der Waals surface area contributed by atoms with Gasteiger partial charge in [-0.3, -0.25) is 9.59 Å². The van der Waals surface area contributed by atoms with Crippen molar-refractivity contribution in [3.05, 3.63) is 41.3 Å². The fourth-order valence-electron chi connectivity index (χ4n) is 2.83. The number of ketones is 1. The van der Waals surface area contributed by atoms with Crippen LogP contribution in [0.1, 0.15) is 39.3 Å². The molecule has 1 aliphatic rings. The standard InChI is InChI=1S/C17H20N4O5S/c1-27(24,25)20-7-8-26-15-6-5-11(9-19-15)21-17(23)12-10-18-13-3-2-4-14(22)16(12)13/h5-6,9-10,18,20H,2-4,7-8H2,1H3,(H,21,23). The van der Waals surface area contributed by atoms with Crippen LogP contribution in [-0.2, 0) is 16.4 Å². The number of rotatable bonds is 7. The molecule has 0 atom stereocenters. The van der Waals surface area contributed by atoms with E-state index in [1.165, 1.54) is 6.20 Å². The highest BCUT2D eigenvalue weighted by molar-refractivity contribution is 7.88. The summed E-state index contributed by atoms with van der Waals surface area (Å²) in [6.07, 6.45) is 6.06. The number of nitrogens with zero attached hydrogens (tertiary/aromatic N) is 1. The van der Waals surface area contributed by atoms with E-state index in [4.69, 9.17) is 4.74 Å². The number of pyridine rings is 1. The number of aromatic amines is 1. The van der Waals surface area contributed by atoms with Gasteiger partial charge in [-0.2, -0.15) is 0 Å². The number of carbonyl (C=O) groups is 2. The van der Waals surface area contributed by atoms with Gasteiger partial charge in [-0.1, -0.05) is 0 Å². The summed E-state index contributed by atoms with van der Waals surface area (Å²) in [6, 6.07) is 3.18. The number of fused-ring (bicyclic) bond motifs is 1. The lowest BCUT2D eigenvalue weighted by molar-refractivity contribution is 0.0956. The summed E-state index contributed by atoms with van der Waals surface area (Å²) in [5, 5.41) is 2.71. The van der Waals surface area contributed by atoms with E-state index in [0.717, 1.165) is 24.8 Å². The predicted octanol–water partition coefficient (Wildman–Crippen LogP) is 1.11. The molecule has 27 heavy (non-hydrogen) atoms. The fourth-order valence-corrected chi connectivity index (χ4v) is 3.29. The highest BCUT2D eigenvalue weighted by Crippen LogP contribution is 2.24. The second kappa shape index (κ2) is 7.89. The van der Waals surface area contributed by atoms with Gasteiger partial charge in [-0.25, -0.2) is 18.1 Å². The van der Waals surface area contributed by atoms with Crippen LogP contribution in [0.15, 0.2) is 24.5 Å². The smallest absolute Gasteiger partial charge is 0.257 e. The average molecular weight is 392 g/mol. The fraction of sp³-hybridized carbons (Fsp3) is 0.353. The SMILES string of the molecule is CS(=O)(=O)NCCOc1ccc(NC(=O)c2c[nH]c3c2C(=O)CCC3)cn1. The van der Waals surface area contributed by atoms with Crippen LogP contribution in [0.5, 0.6) is 5.88 Å². The maximum atomic E-state index is 12.5. The Kier molecular flexibility index (Phi) is 5.57. The molecule has 3 N–H and O–H groups in total. The Hall–Kier alpha value is -2.72. The summed E-state index contributed by atoms with van der Waals surface area (Å²) in [6.45, 7) is 0.259. The number of nitrogens with one attached hydrogen (secondary N) is 3. The van der Waals surface area contributed by atoms with E-state index in [-0.39, 0.29) is 24.8 Å². The Balaban J connectivity index is 1.58. The average Bonchev–Trinajstić information content (AvgIpc) is 3.05. The number of aryl methyl sites for hydroxylation is 1. The zero-order chi connectivity index (χ0) is 19.4. The van der Waals surface area contributed by atoms with Crippen LogP contribution in [0, 0.1) is 0 Å². The lowest BCUT2D eigenvalue weighted by atomic mass is 9.93. The molecule has 0 aromatic carbocycles. The third kappa shape index (κ3) is 4.92. The molecule has 3 rings (SSSR count). The maximum absolute atomic E-state index is 12.5. The molecule has 144 valence electrons. The molecule has 1 aliphatic carbocycles. The van der Waals surface area contributed by atoms with Crippen molar-refractivity contribution in [1.82, 2.24) is 14.7 Å².